The van der Waals surface area contributed by atoms with Crippen molar-refractivity contribution in [2.45, 2.75) is 62.2 Å². The molecule has 8 nitrogen and oxygen atoms in total. The topological polar surface area (TPSA) is 126 Å². The summed E-state index contributed by atoms with van der Waals surface area (Å²) in [6.45, 7) is 11.8. The Morgan fingerprint density at radius 2 is 1.79 bits per heavy atom. The van der Waals surface area contributed by atoms with Crippen LogP contribution in [0.3, 0.4) is 0 Å². The first-order valence-corrected chi connectivity index (χ1v) is 9.96. The number of aliphatic hydroxyl groups is 4. The summed E-state index contributed by atoms with van der Waals surface area (Å²) in [5.74, 6) is -0.631. The van der Waals surface area contributed by atoms with Gasteiger partial charge in [-0.15, -0.1) is 0 Å². The number of hydrogen-bond donors (Lipinski definition) is 4. The summed E-state index contributed by atoms with van der Waals surface area (Å²) in [5.41, 5.74) is 2.23. The average Bonchev–Trinajstić information content (AvgIpc) is 3.11. The first-order valence-electron chi connectivity index (χ1n) is 9.96. The van der Waals surface area contributed by atoms with Crippen molar-refractivity contribution >= 4 is 5.97 Å². The van der Waals surface area contributed by atoms with Crippen LogP contribution in [0.5, 0.6) is 0 Å². The second kappa shape index (κ2) is 7.61. The molecule has 4 N–H and O–H groups in total. The lowest BCUT2D eigenvalue weighted by Crippen LogP contribution is -2.59. The molecule has 0 radical (unpaired) electrons. The smallest absolute Gasteiger partial charge is 0.334 e. The summed E-state index contributed by atoms with van der Waals surface area (Å²) < 4.78 is 17.1. The molecule has 10 atom stereocenters. The van der Waals surface area contributed by atoms with Crippen LogP contribution in [0.2, 0.25) is 0 Å². The molecule has 4 fully saturated rings. The molecular weight excluding hydrogens is 380 g/mol. The highest BCUT2D eigenvalue weighted by Gasteiger charge is 2.54. The molecule has 0 aromatic rings. The number of ether oxygens (including phenoxy) is 3. The van der Waals surface area contributed by atoms with Crippen LogP contribution in [0.25, 0.3) is 0 Å². The first kappa shape index (κ1) is 20.7. The van der Waals surface area contributed by atoms with Crippen LogP contribution in [0, 0.1) is 17.8 Å². The van der Waals surface area contributed by atoms with Crippen LogP contribution in [0.4, 0.5) is 0 Å². The van der Waals surface area contributed by atoms with Gasteiger partial charge in [-0.3, -0.25) is 0 Å². The summed E-state index contributed by atoms with van der Waals surface area (Å²) in [6.07, 6.45) is -5.57. The fourth-order valence-electron chi connectivity index (χ4n) is 5.17. The summed E-state index contributed by atoms with van der Waals surface area (Å²) in [7, 11) is 0. The van der Waals surface area contributed by atoms with Crippen LogP contribution >= 0.6 is 0 Å². The number of fused-ring (bicyclic) bond motifs is 3. The zero-order valence-corrected chi connectivity index (χ0v) is 16.1. The Hall–Kier alpha value is -1.55. The maximum atomic E-state index is 12.1. The summed E-state index contributed by atoms with van der Waals surface area (Å²) >= 11 is 0. The SMILES string of the molecule is C=C1CCC2C(=C)C(=O)O[C@@H]2C2C(=C)[C@@H](O[C@@H]3O[C@H](CO)[C@@H](O)[C@H](O)[C@H]3O)CC12. The average molecular weight is 408 g/mol. The zero-order chi connectivity index (χ0) is 21.0. The van der Waals surface area contributed by atoms with Crippen molar-refractivity contribution in [3.05, 3.63) is 36.5 Å². The van der Waals surface area contributed by atoms with Gasteiger partial charge in [0.15, 0.2) is 6.29 Å². The minimum absolute atomic E-state index is 0.00564. The van der Waals surface area contributed by atoms with Gasteiger partial charge in [-0.2, -0.15) is 0 Å². The van der Waals surface area contributed by atoms with Crippen molar-refractivity contribution in [2.24, 2.45) is 17.8 Å². The molecule has 2 saturated heterocycles. The van der Waals surface area contributed by atoms with E-state index in [2.05, 4.69) is 19.7 Å². The Morgan fingerprint density at radius 3 is 2.48 bits per heavy atom. The molecule has 0 spiro atoms. The van der Waals surface area contributed by atoms with E-state index in [-0.39, 0.29) is 29.8 Å². The van der Waals surface area contributed by atoms with Crippen LogP contribution in [0.1, 0.15) is 19.3 Å². The molecule has 0 aromatic carbocycles. The van der Waals surface area contributed by atoms with Crippen LogP contribution in [-0.4, -0.2) is 75.9 Å². The number of allylic oxidation sites excluding steroid dienone is 1. The predicted octanol–water partition coefficient (Wildman–Crippen LogP) is -0.188. The predicted molar refractivity (Wildman–Crippen MR) is 100 cm³/mol. The Kier molecular flexibility index (Phi) is 5.43. The van der Waals surface area contributed by atoms with Crippen molar-refractivity contribution in [3.63, 3.8) is 0 Å². The summed E-state index contributed by atoms with van der Waals surface area (Å²) in [5, 5.41) is 39.6. The van der Waals surface area contributed by atoms with Crippen molar-refractivity contribution in [1.29, 1.82) is 0 Å². The Balaban J connectivity index is 1.54. The van der Waals surface area contributed by atoms with Crippen LogP contribution in [-0.2, 0) is 19.0 Å². The fraction of sp³-hybridized carbons (Fsp3) is 0.667. The molecule has 0 amide bonds. The van der Waals surface area contributed by atoms with Gasteiger partial charge in [0.25, 0.3) is 0 Å². The monoisotopic (exact) mass is 408 g/mol. The molecule has 2 aliphatic carbocycles. The highest BCUT2D eigenvalue weighted by atomic mass is 16.7. The molecule has 0 aromatic heterocycles. The largest absolute Gasteiger partial charge is 0.458 e. The number of carbonyl (C=O) groups excluding carboxylic acids is 1. The molecule has 4 aliphatic rings. The van der Waals surface area contributed by atoms with Crippen LogP contribution in [0.15, 0.2) is 36.5 Å². The minimum atomic E-state index is -1.51. The van der Waals surface area contributed by atoms with E-state index in [4.69, 9.17) is 14.2 Å². The van der Waals surface area contributed by atoms with E-state index in [9.17, 15) is 25.2 Å². The second-order valence-electron chi connectivity index (χ2n) is 8.46. The zero-order valence-electron chi connectivity index (χ0n) is 16.1. The van der Waals surface area contributed by atoms with E-state index >= 15 is 0 Å². The van der Waals surface area contributed by atoms with Gasteiger partial charge in [-0.1, -0.05) is 25.3 Å². The second-order valence-corrected chi connectivity index (χ2v) is 8.46. The van der Waals surface area contributed by atoms with Gasteiger partial charge in [0.1, 0.15) is 30.5 Å². The standard InChI is InChI=1S/C21H28O8/c1-8-4-5-11-9(2)20(26)29-19(11)15-10(3)13(6-12(8)15)27-21-18(25)17(24)16(23)14(7-22)28-21/h11-19,21-25H,1-7H2/t11?,12?,13-,14+,15?,16+,17-,18+,19-,21+/m0/s1. The maximum Gasteiger partial charge on any atom is 0.334 e. The molecule has 4 rings (SSSR count). The molecule has 160 valence electrons. The van der Waals surface area contributed by atoms with E-state index < -0.39 is 43.4 Å². The van der Waals surface area contributed by atoms with Gasteiger partial charge in [-0.25, -0.2) is 4.79 Å². The lowest BCUT2D eigenvalue weighted by atomic mass is 9.82. The summed E-state index contributed by atoms with van der Waals surface area (Å²) in [6, 6.07) is 0. The van der Waals surface area contributed by atoms with Crippen LogP contribution < -0.4 is 0 Å². The van der Waals surface area contributed by atoms with Crippen molar-refractivity contribution in [3.8, 4) is 0 Å². The van der Waals surface area contributed by atoms with Gasteiger partial charge in [0.2, 0.25) is 0 Å². The lowest BCUT2D eigenvalue weighted by molar-refractivity contribution is -0.308. The number of rotatable bonds is 3. The van der Waals surface area contributed by atoms with E-state index in [1.807, 2.05) is 0 Å². The molecule has 2 heterocycles. The highest BCUT2D eigenvalue weighted by Crippen LogP contribution is 2.53. The molecule has 3 unspecified atom stereocenters. The molecule has 2 aliphatic heterocycles. The number of aliphatic hydroxyl groups excluding tert-OH is 4. The molecule has 29 heavy (non-hydrogen) atoms. The van der Waals surface area contributed by atoms with E-state index in [0.29, 0.717) is 17.6 Å². The van der Waals surface area contributed by atoms with Crippen molar-refractivity contribution in [2.75, 3.05) is 6.61 Å². The highest BCUT2D eigenvalue weighted by molar-refractivity contribution is 5.91. The van der Waals surface area contributed by atoms with E-state index in [1.165, 1.54) is 0 Å². The van der Waals surface area contributed by atoms with Gasteiger partial charge in [0.05, 0.1) is 12.7 Å². The normalized spacial score (nSPS) is 47.6. The first-order chi connectivity index (χ1) is 13.7. The van der Waals surface area contributed by atoms with E-state index in [1.54, 1.807) is 0 Å². The number of carbonyl (C=O) groups is 1. The fourth-order valence-corrected chi connectivity index (χ4v) is 5.17. The molecule has 8 heteroatoms. The third-order valence-electron chi connectivity index (χ3n) is 6.89. The lowest BCUT2D eigenvalue weighted by Gasteiger charge is -2.40. The third-order valence-corrected chi connectivity index (χ3v) is 6.89. The van der Waals surface area contributed by atoms with Gasteiger partial charge in [-0.05, 0) is 30.8 Å². The number of hydrogen-bond acceptors (Lipinski definition) is 8. The summed E-state index contributed by atoms with van der Waals surface area (Å²) in [4.78, 5) is 12.1. The Labute approximate surface area is 169 Å². The van der Waals surface area contributed by atoms with Gasteiger partial charge in [0, 0.05) is 17.4 Å². The Bertz CT molecular complexity index is 730. The quantitative estimate of drug-likeness (QED) is 0.288. The molecular formula is C21H28O8. The Morgan fingerprint density at radius 1 is 1.07 bits per heavy atom. The third kappa shape index (κ3) is 3.28. The van der Waals surface area contributed by atoms with Crippen molar-refractivity contribution in [1.82, 2.24) is 0 Å². The van der Waals surface area contributed by atoms with Gasteiger partial charge >= 0.3 is 5.97 Å². The molecule has 2 saturated carbocycles. The number of esters is 1. The maximum absolute atomic E-state index is 12.1. The van der Waals surface area contributed by atoms with Crippen molar-refractivity contribution < 1.29 is 39.4 Å². The minimum Gasteiger partial charge on any atom is -0.458 e. The van der Waals surface area contributed by atoms with Gasteiger partial charge < -0.3 is 34.6 Å². The molecule has 0 bridgehead atoms. The van der Waals surface area contributed by atoms with E-state index in [0.717, 1.165) is 18.4 Å².